The van der Waals surface area contributed by atoms with Gasteiger partial charge >= 0.3 is 0 Å². The van der Waals surface area contributed by atoms with Crippen molar-refractivity contribution in [1.82, 2.24) is 4.90 Å². The Morgan fingerprint density at radius 3 is 2.36 bits per heavy atom. The van der Waals surface area contributed by atoms with Crippen LogP contribution < -0.4 is 0 Å². The molecule has 0 amide bonds. The average Bonchev–Trinajstić information content (AvgIpc) is 2.05. The van der Waals surface area contributed by atoms with Crippen LogP contribution in [0.5, 0.6) is 0 Å². The van der Waals surface area contributed by atoms with E-state index in [4.69, 9.17) is 4.74 Å². The highest BCUT2D eigenvalue weighted by Gasteiger charge is 2.20. The molecule has 1 atom stereocenters. The fourth-order valence-electron chi connectivity index (χ4n) is 1.49. The maximum Gasteiger partial charge on any atom is 0.0595 e. The number of rotatable bonds is 2. The summed E-state index contributed by atoms with van der Waals surface area (Å²) in [5.41, 5.74) is 0. The Morgan fingerprint density at radius 2 is 2.00 bits per heavy atom. The van der Waals surface area contributed by atoms with E-state index in [-0.39, 0.29) is 0 Å². The molecule has 2 nitrogen and oxygen atoms in total. The second-order valence-electron chi connectivity index (χ2n) is 3.10. The molecule has 0 aromatic heterocycles. The lowest BCUT2D eigenvalue weighted by molar-refractivity contribution is 0.0397. The average molecular weight is 175 g/mol. The Hall–Kier alpha value is 0.270. The van der Waals surface area contributed by atoms with Gasteiger partial charge in [0.1, 0.15) is 0 Å². The van der Waals surface area contributed by atoms with E-state index in [1.165, 1.54) is 0 Å². The maximum absolute atomic E-state index is 5.27. The number of likely N-dealkylation sites (tertiary alicyclic amines) is 1. The minimum atomic E-state index is 0.396. The molecule has 0 spiro atoms. The van der Waals surface area contributed by atoms with Gasteiger partial charge in [0.2, 0.25) is 0 Å². The summed E-state index contributed by atoms with van der Waals surface area (Å²) >= 11 is 4.39. The standard InChI is InChI=1S/C8H17NOS/c1-7(11)9-5-3-8(10-2)4-6-9/h7-8,11H,3-6H2,1-2H3. The molecule has 0 saturated carbocycles. The van der Waals surface area contributed by atoms with Crippen LogP contribution in [-0.4, -0.2) is 36.6 Å². The van der Waals surface area contributed by atoms with E-state index in [0.29, 0.717) is 11.5 Å². The van der Waals surface area contributed by atoms with Gasteiger partial charge in [0.15, 0.2) is 0 Å². The van der Waals surface area contributed by atoms with Crippen molar-refractivity contribution in [3.05, 3.63) is 0 Å². The second-order valence-corrected chi connectivity index (χ2v) is 3.85. The van der Waals surface area contributed by atoms with E-state index in [1.807, 2.05) is 0 Å². The fourth-order valence-corrected chi connectivity index (χ4v) is 1.72. The summed E-state index contributed by atoms with van der Waals surface area (Å²) in [6.45, 7) is 4.38. The van der Waals surface area contributed by atoms with E-state index >= 15 is 0 Å². The van der Waals surface area contributed by atoms with Gasteiger partial charge in [-0.3, -0.25) is 4.90 Å². The first kappa shape index (κ1) is 9.36. The first-order valence-corrected chi connectivity index (χ1v) is 4.70. The molecule has 0 aromatic rings. The molecule has 0 aliphatic carbocycles. The normalized spacial score (nSPS) is 25.4. The second kappa shape index (κ2) is 4.33. The van der Waals surface area contributed by atoms with E-state index < -0.39 is 0 Å². The van der Waals surface area contributed by atoms with Crippen molar-refractivity contribution < 1.29 is 4.74 Å². The highest BCUT2D eigenvalue weighted by Crippen LogP contribution is 2.16. The number of methoxy groups -OCH3 is 1. The summed E-state index contributed by atoms with van der Waals surface area (Å²) in [6, 6.07) is 0. The predicted molar refractivity (Wildman–Crippen MR) is 50.1 cm³/mol. The van der Waals surface area contributed by atoms with Gasteiger partial charge in [-0.1, -0.05) is 0 Å². The minimum Gasteiger partial charge on any atom is -0.381 e. The van der Waals surface area contributed by atoms with Crippen LogP contribution in [0.3, 0.4) is 0 Å². The van der Waals surface area contributed by atoms with Gasteiger partial charge in [-0.05, 0) is 19.8 Å². The van der Waals surface area contributed by atoms with Crippen LogP contribution in [0.2, 0.25) is 0 Å². The van der Waals surface area contributed by atoms with E-state index in [0.717, 1.165) is 25.9 Å². The number of hydrogen-bond acceptors (Lipinski definition) is 3. The molecular weight excluding hydrogens is 158 g/mol. The lowest BCUT2D eigenvalue weighted by atomic mass is 10.1. The molecule has 0 aromatic carbocycles. The Bertz CT molecular complexity index is 111. The van der Waals surface area contributed by atoms with Crippen LogP contribution in [0.4, 0.5) is 0 Å². The van der Waals surface area contributed by atoms with Crippen LogP contribution in [0.25, 0.3) is 0 Å². The highest BCUT2D eigenvalue weighted by molar-refractivity contribution is 7.80. The number of hydrogen-bond donors (Lipinski definition) is 1. The summed E-state index contributed by atoms with van der Waals surface area (Å²) in [5.74, 6) is 0. The number of ether oxygens (including phenoxy) is 1. The predicted octanol–water partition coefficient (Wildman–Crippen LogP) is 1.37. The molecular formula is C8H17NOS. The van der Waals surface area contributed by atoms with E-state index in [9.17, 15) is 0 Å². The summed E-state index contributed by atoms with van der Waals surface area (Å²) in [6.07, 6.45) is 2.79. The molecule has 1 unspecified atom stereocenters. The summed E-state index contributed by atoms with van der Waals surface area (Å²) in [5, 5.41) is 0.396. The lowest BCUT2D eigenvalue weighted by Crippen LogP contribution is -2.39. The van der Waals surface area contributed by atoms with Crippen LogP contribution in [0, 0.1) is 0 Å². The van der Waals surface area contributed by atoms with Crippen molar-refractivity contribution in [2.45, 2.75) is 31.2 Å². The monoisotopic (exact) mass is 175 g/mol. The molecule has 11 heavy (non-hydrogen) atoms. The van der Waals surface area contributed by atoms with Crippen LogP contribution >= 0.6 is 12.6 Å². The summed E-state index contributed by atoms with van der Waals surface area (Å²) in [7, 11) is 1.80. The molecule has 1 rings (SSSR count). The maximum atomic E-state index is 5.27. The molecule has 1 saturated heterocycles. The van der Waals surface area contributed by atoms with Crippen LogP contribution in [0.15, 0.2) is 0 Å². The van der Waals surface area contributed by atoms with E-state index in [2.05, 4.69) is 24.5 Å². The lowest BCUT2D eigenvalue weighted by Gasteiger charge is -2.33. The quantitative estimate of drug-likeness (QED) is 0.636. The van der Waals surface area contributed by atoms with Crippen molar-refractivity contribution in [2.75, 3.05) is 20.2 Å². The highest BCUT2D eigenvalue weighted by atomic mass is 32.1. The zero-order valence-corrected chi connectivity index (χ0v) is 8.18. The van der Waals surface area contributed by atoms with Gasteiger partial charge in [-0.15, -0.1) is 0 Å². The molecule has 0 N–H and O–H groups in total. The third kappa shape index (κ3) is 2.65. The van der Waals surface area contributed by atoms with Gasteiger partial charge in [0, 0.05) is 25.6 Å². The molecule has 3 heteroatoms. The summed E-state index contributed by atoms with van der Waals surface area (Å²) < 4.78 is 5.27. The third-order valence-electron chi connectivity index (χ3n) is 2.34. The number of thiol groups is 1. The first-order valence-electron chi connectivity index (χ1n) is 4.19. The SMILES string of the molecule is COC1CCN(C(C)S)CC1. The molecule has 1 aliphatic heterocycles. The van der Waals surface area contributed by atoms with Crippen molar-refractivity contribution in [3.8, 4) is 0 Å². The molecule has 1 heterocycles. The van der Waals surface area contributed by atoms with Crippen LogP contribution in [0.1, 0.15) is 19.8 Å². The first-order chi connectivity index (χ1) is 5.24. The van der Waals surface area contributed by atoms with Crippen molar-refractivity contribution >= 4 is 12.6 Å². The van der Waals surface area contributed by atoms with Gasteiger partial charge in [0.25, 0.3) is 0 Å². The Morgan fingerprint density at radius 1 is 1.45 bits per heavy atom. The van der Waals surface area contributed by atoms with Gasteiger partial charge in [0.05, 0.1) is 6.10 Å². The van der Waals surface area contributed by atoms with Crippen LogP contribution in [-0.2, 0) is 4.74 Å². The Kier molecular flexibility index (Phi) is 3.69. The largest absolute Gasteiger partial charge is 0.381 e. The number of piperidine rings is 1. The zero-order chi connectivity index (χ0) is 8.27. The topological polar surface area (TPSA) is 12.5 Å². The molecule has 1 aliphatic rings. The van der Waals surface area contributed by atoms with Crippen molar-refractivity contribution in [2.24, 2.45) is 0 Å². The van der Waals surface area contributed by atoms with Crippen molar-refractivity contribution in [3.63, 3.8) is 0 Å². The van der Waals surface area contributed by atoms with Gasteiger partial charge in [-0.25, -0.2) is 0 Å². The zero-order valence-electron chi connectivity index (χ0n) is 7.29. The third-order valence-corrected chi connectivity index (χ3v) is 2.66. The van der Waals surface area contributed by atoms with E-state index in [1.54, 1.807) is 7.11 Å². The smallest absolute Gasteiger partial charge is 0.0595 e. The number of nitrogens with zero attached hydrogens (tertiary/aromatic N) is 1. The van der Waals surface area contributed by atoms with Gasteiger partial charge in [-0.2, -0.15) is 12.6 Å². The fraction of sp³-hybridized carbons (Fsp3) is 1.00. The summed E-state index contributed by atoms with van der Waals surface area (Å²) in [4.78, 5) is 2.37. The molecule has 1 fully saturated rings. The Balaban J connectivity index is 2.24. The minimum absolute atomic E-state index is 0.396. The van der Waals surface area contributed by atoms with Crippen molar-refractivity contribution in [1.29, 1.82) is 0 Å². The molecule has 0 radical (unpaired) electrons. The van der Waals surface area contributed by atoms with Gasteiger partial charge < -0.3 is 4.74 Å². The molecule has 0 bridgehead atoms. The molecule has 66 valence electrons. The Labute approximate surface area is 74.3 Å².